The molecular weight excluding hydrogens is 312 g/mol. The van der Waals surface area contributed by atoms with E-state index in [4.69, 9.17) is 9.47 Å². The molecule has 23 heavy (non-hydrogen) atoms. The maximum absolute atomic E-state index is 12.4. The third-order valence-corrected chi connectivity index (χ3v) is 4.31. The summed E-state index contributed by atoms with van der Waals surface area (Å²) >= 11 is 1.54. The number of amides is 1. The molecule has 0 saturated heterocycles. The zero-order valence-electron chi connectivity index (χ0n) is 13.2. The highest BCUT2D eigenvalue weighted by Crippen LogP contribution is 2.30. The maximum Gasteiger partial charge on any atom is 0.228 e. The molecule has 0 aliphatic carbocycles. The normalized spacial score (nSPS) is 12.8. The summed E-state index contributed by atoms with van der Waals surface area (Å²) in [6, 6.07) is 8.38. The van der Waals surface area contributed by atoms with Gasteiger partial charge in [-0.25, -0.2) is 0 Å². The summed E-state index contributed by atoms with van der Waals surface area (Å²) in [5.74, 6) is 0.605. The molecule has 1 aromatic heterocycles. The Balaban J connectivity index is 2.20. The van der Waals surface area contributed by atoms with E-state index in [9.17, 15) is 10.1 Å². The van der Waals surface area contributed by atoms with Crippen LogP contribution in [-0.2, 0) is 4.79 Å². The molecule has 2 rings (SSSR count). The van der Waals surface area contributed by atoms with Gasteiger partial charge in [-0.05, 0) is 41.4 Å². The smallest absolute Gasteiger partial charge is 0.228 e. The van der Waals surface area contributed by atoms with Crippen LogP contribution in [0.2, 0.25) is 0 Å². The number of nitrogens with one attached hydrogen (secondary N) is 1. The monoisotopic (exact) mass is 330 g/mol. The van der Waals surface area contributed by atoms with Crippen molar-refractivity contribution in [2.75, 3.05) is 14.2 Å². The molecule has 6 heteroatoms. The molecule has 0 aliphatic rings. The molecule has 0 bridgehead atoms. The van der Waals surface area contributed by atoms with E-state index in [-0.39, 0.29) is 11.8 Å². The molecule has 0 unspecified atom stereocenters. The molecule has 0 saturated carbocycles. The first-order chi connectivity index (χ1) is 11.1. The molecule has 5 nitrogen and oxygen atoms in total. The second kappa shape index (κ2) is 7.65. The highest BCUT2D eigenvalue weighted by molar-refractivity contribution is 7.08. The number of hydrogen-bond acceptors (Lipinski definition) is 5. The van der Waals surface area contributed by atoms with Crippen molar-refractivity contribution in [3.05, 3.63) is 46.2 Å². The van der Waals surface area contributed by atoms with Gasteiger partial charge in [-0.15, -0.1) is 0 Å². The number of thiophene rings is 1. The van der Waals surface area contributed by atoms with Crippen LogP contribution in [0.1, 0.15) is 30.0 Å². The number of ether oxygens (including phenoxy) is 2. The maximum atomic E-state index is 12.4. The lowest BCUT2D eigenvalue weighted by molar-refractivity contribution is -0.122. The van der Waals surface area contributed by atoms with Crippen molar-refractivity contribution in [1.82, 2.24) is 5.32 Å². The van der Waals surface area contributed by atoms with E-state index in [1.54, 1.807) is 25.3 Å². The van der Waals surface area contributed by atoms with Crippen molar-refractivity contribution in [2.24, 2.45) is 0 Å². The van der Waals surface area contributed by atoms with Gasteiger partial charge in [-0.1, -0.05) is 0 Å². The molecule has 1 heterocycles. The van der Waals surface area contributed by atoms with E-state index in [1.807, 2.05) is 23.8 Å². The van der Waals surface area contributed by atoms with Gasteiger partial charge in [-0.3, -0.25) is 4.79 Å². The number of nitriles is 1. The topological polar surface area (TPSA) is 71.3 Å². The Morgan fingerprint density at radius 3 is 2.65 bits per heavy atom. The molecule has 0 fully saturated rings. The van der Waals surface area contributed by atoms with E-state index >= 15 is 0 Å². The molecule has 0 radical (unpaired) electrons. The van der Waals surface area contributed by atoms with E-state index in [2.05, 4.69) is 11.4 Å². The fraction of sp³-hybridized carbons (Fsp3) is 0.294. The molecule has 120 valence electrons. The number of carbonyl (C=O) groups is 1. The zero-order chi connectivity index (χ0) is 16.8. The average Bonchev–Trinajstić information content (AvgIpc) is 3.12. The second-order valence-electron chi connectivity index (χ2n) is 4.96. The van der Waals surface area contributed by atoms with Gasteiger partial charge in [0.05, 0.1) is 26.2 Å². The number of rotatable bonds is 6. The van der Waals surface area contributed by atoms with Crippen molar-refractivity contribution in [2.45, 2.75) is 18.9 Å². The van der Waals surface area contributed by atoms with Gasteiger partial charge in [0.2, 0.25) is 5.91 Å². The predicted molar refractivity (Wildman–Crippen MR) is 88.8 cm³/mol. The quantitative estimate of drug-likeness (QED) is 0.882. The van der Waals surface area contributed by atoms with Gasteiger partial charge >= 0.3 is 0 Å². The largest absolute Gasteiger partial charge is 0.497 e. The van der Waals surface area contributed by atoms with Gasteiger partial charge in [-0.2, -0.15) is 16.6 Å². The summed E-state index contributed by atoms with van der Waals surface area (Å²) in [7, 11) is 3.07. The van der Waals surface area contributed by atoms with Crippen molar-refractivity contribution in [3.63, 3.8) is 0 Å². The Labute approximate surface area is 139 Å². The summed E-state index contributed by atoms with van der Waals surface area (Å²) in [5.41, 5.74) is 1.53. The van der Waals surface area contributed by atoms with Crippen LogP contribution in [0.15, 0.2) is 35.0 Å². The third kappa shape index (κ3) is 3.82. The molecule has 1 N–H and O–H groups in total. The van der Waals surface area contributed by atoms with Gasteiger partial charge in [0.25, 0.3) is 0 Å². The Morgan fingerprint density at radius 1 is 1.30 bits per heavy atom. The Kier molecular flexibility index (Phi) is 5.61. The van der Waals surface area contributed by atoms with Gasteiger partial charge in [0, 0.05) is 11.6 Å². The van der Waals surface area contributed by atoms with Crippen LogP contribution >= 0.6 is 11.3 Å². The van der Waals surface area contributed by atoms with Gasteiger partial charge in [0.15, 0.2) is 0 Å². The fourth-order valence-corrected chi connectivity index (χ4v) is 2.93. The molecule has 1 aromatic carbocycles. The van der Waals surface area contributed by atoms with E-state index < -0.39 is 6.04 Å². The zero-order valence-corrected chi connectivity index (χ0v) is 14.0. The van der Waals surface area contributed by atoms with Crippen molar-refractivity contribution < 1.29 is 14.3 Å². The van der Waals surface area contributed by atoms with Crippen LogP contribution in [0, 0.1) is 11.3 Å². The van der Waals surface area contributed by atoms with E-state index in [0.717, 1.165) is 5.56 Å². The van der Waals surface area contributed by atoms with Crippen LogP contribution in [0.5, 0.6) is 11.5 Å². The Hall–Kier alpha value is -2.52. The van der Waals surface area contributed by atoms with Gasteiger partial charge in [0.1, 0.15) is 17.5 Å². The summed E-state index contributed by atoms with van der Waals surface area (Å²) < 4.78 is 10.4. The standard InChI is InChI=1S/C17H18N2O3S/c1-11(12-6-7-23-10-12)17(20)19-15(9-18)14-5-4-13(21-2)8-16(14)22-3/h4-8,10-11,15H,1-3H3,(H,19,20)/t11-,15+/m0/s1. The summed E-state index contributed by atoms with van der Waals surface area (Å²) in [5, 5.41) is 16.1. The highest BCUT2D eigenvalue weighted by atomic mass is 32.1. The van der Waals surface area contributed by atoms with Crippen LogP contribution in [0.4, 0.5) is 0 Å². The number of nitrogens with zero attached hydrogens (tertiary/aromatic N) is 1. The van der Waals surface area contributed by atoms with Crippen LogP contribution < -0.4 is 14.8 Å². The lowest BCUT2D eigenvalue weighted by atomic mass is 10.0. The first-order valence-corrected chi connectivity index (χ1v) is 7.99. The molecule has 2 atom stereocenters. The lowest BCUT2D eigenvalue weighted by Gasteiger charge is -2.18. The fourth-order valence-electron chi connectivity index (χ4n) is 2.18. The number of carbonyl (C=O) groups excluding carboxylic acids is 1. The predicted octanol–water partition coefficient (Wildman–Crippen LogP) is 3.25. The number of hydrogen-bond donors (Lipinski definition) is 1. The molecule has 0 aliphatic heterocycles. The van der Waals surface area contributed by atoms with Crippen LogP contribution in [0.3, 0.4) is 0 Å². The van der Waals surface area contributed by atoms with Crippen LogP contribution in [-0.4, -0.2) is 20.1 Å². The average molecular weight is 330 g/mol. The number of methoxy groups -OCH3 is 2. The molecule has 0 spiro atoms. The number of benzene rings is 1. The van der Waals surface area contributed by atoms with Crippen LogP contribution in [0.25, 0.3) is 0 Å². The SMILES string of the molecule is COc1ccc([C@@H](C#N)NC(=O)[C@@H](C)c2ccsc2)c(OC)c1. The first kappa shape index (κ1) is 16.8. The second-order valence-corrected chi connectivity index (χ2v) is 5.74. The molecule has 2 aromatic rings. The van der Waals surface area contributed by atoms with Crippen molar-refractivity contribution >= 4 is 17.2 Å². The van der Waals surface area contributed by atoms with Crippen molar-refractivity contribution in [3.8, 4) is 17.6 Å². The molecule has 1 amide bonds. The summed E-state index contributed by atoms with van der Waals surface area (Å²) in [6.45, 7) is 1.82. The third-order valence-electron chi connectivity index (χ3n) is 3.60. The highest BCUT2D eigenvalue weighted by Gasteiger charge is 2.22. The minimum atomic E-state index is -0.788. The Bertz CT molecular complexity index is 707. The van der Waals surface area contributed by atoms with E-state index in [1.165, 1.54) is 18.4 Å². The summed E-state index contributed by atoms with van der Waals surface area (Å²) in [6.07, 6.45) is 0. The Morgan fingerprint density at radius 2 is 2.09 bits per heavy atom. The lowest BCUT2D eigenvalue weighted by Crippen LogP contribution is -2.31. The minimum absolute atomic E-state index is 0.201. The van der Waals surface area contributed by atoms with E-state index in [0.29, 0.717) is 17.1 Å². The van der Waals surface area contributed by atoms with Crippen molar-refractivity contribution in [1.29, 1.82) is 5.26 Å². The minimum Gasteiger partial charge on any atom is -0.497 e. The first-order valence-electron chi connectivity index (χ1n) is 7.04. The van der Waals surface area contributed by atoms with Gasteiger partial charge < -0.3 is 14.8 Å². The molecular formula is C17H18N2O3S. The summed E-state index contributed by atoms with van der Waals surface area (Å²) in [4.78, 5) is 12.4.